The van der Waals surface area contributed by atoms with Crippen molar-refractivity contribution in [3.63, 3.8) is 0 Å². The van der Waals surface area contributed by atoms with Gasteiger partial charge in [-0.05, 0) is 84.5 Å². The molecule has 0 fully saturated rings. The fourth-order valence-electron chi connectivity index (χ4n) is 4.92. The highest BCUT2D eigenvalue weighted by molar-refractivity contribution is 6.05. The zero-order valence-corrected chi connectivity index (χ0v) is 20.1. The molecule has 0 bridgehead atoms. The van der Waals surface area contributed by atoms with Gasteiger partial charge >= 0.3 is 0 Å². The van der Waals surface area contributed by atoms with Gasteiger partial charge in [0.2, 0.25) is 0 Å². The van der Waals surface area contributed by atoms with E-state index in [1.165, 1.54) is 44.3 Å². The van der Waals surface area contributed by atoms with Crippen molar-refractivity contribution in [3.05, 3.63) is 88.5 Å². The van der Waals surface area contributed by atoms with Gasteiger partial charge in [-0.15, -0.1) is 0 Å². The van der Waals surface area contributed by atoms with Gasteiger partial charge in [0, 0.05) is 5.39 Å². The summed E-state index contributed by atoms with van der Waals surface area (Å²) in [6.45, 7) is 15.6. The Labute approximate surface area is 191 Å². The second-order valence-electron chi connectivity index (χ2n) is 10.2. The van der Waals surface area contributed by atoms with Crippen molar-refractivity contribution in [2.24, 2.45) is 0 Å². The minimum absolute atomic E-state index is 0.106. The monoisotopic (exact) mass is 421 g/mol. The van der Waals surface area contributed by atoms with E-state index in [1.54, 1.807) is 0 Å². The molecule has 162 valence electrons. The fourth-order valence-corrected chi connectivity index (χ4v) is 4.92. The van der Waals surface area contributed by atoms with Gasteiger partial charge < -0.3 is 9.64 Å². The Hall–Kier alpha value is -3.26. The lowest BCUT2D eigenvalue weighted by Crippen LogP contribution is -2.20. The fraction of sp³-hybridized carbons (Fsp3) is 0.267. The maximum absolute atomic E-state index is 6.49. The average Bonchev–Trinajstić information content (AvgIpc) is 2.72. The first-order chi connectivity index (χ1) is 15.1. The molecule has 0 saturated heterocycles. The number of hydrogen-bond acceptors (Lipinski definition) is 2. The van der Waals surface area contributed by atoms with Crippen molar-refractivity contribution in [1.82, 2.24) is 0 Å². The van der Waals surface area contributed by atoms with Crippen LogP contribution in [0.4, 0.5) is 17.1 Å². The summed E-state index contributed by atoms with van der Waals surface area (Å²) in [5.41, 5.74) is 9.94. The first-order valence-corrected chi connectivity index (χ1v) is 11.4. The summed E-state index contributed by atoms with van der Waals surface area (Å²) in [6, 6.07) is 22.0. The number of benzene rings is 4. The van der Waals surface area contributed by atoms with E-state index in [0.717, 1.165) is 22.9 Å². The molecule has 32 heavy (non-hydrogen) atoms. The molecule has 0 N–H and O–H groups in total. The Morgan fingerprint density at radius 2 is 1.31 bits per heavy atom. The van der Waals surface area contributed by atoms with Crippen LogP contribution >= 0.6 is 0 Å². The molecule has 0 saturated carbocycles. The smallest absolute Gasteiger partial charge is 0.152 e. The minimum Gasteiger partial charge on any atom is -0.453 e. The molecule has 0 aromatic heterocycles. The van der Waals surface area contributed by atoms with Crippen molar-refractivity contribution in [3.8, 4) is 11.5 Å². The molecule has 0 aliphatic carbocycles. The maximum Gasteiger partial charge on any atom is 0.152 e. The number of ether oxygens (including phenoxy) is 1. The second-order valence-corrected chi connectivity index (χ2v) is 10.2. The van der Waals surface area contributed by atoms with E-state index in [9.17, 15) is 0 Å². The predicted octanol–water partition coefficient (Wildman–Crippen LogP) is 8.95. The van der Waals surface area contributed by atoms with Crippen LogP contribution in [0.5, 0.6) is 11.5 Å². The van der Waals surface area contributed by atoms with E-state index < -0.39 is 0 Å². The minimum atomic E-state index is 0.106. The topological polar surface area (TPSA) is 12.5 Å². The number of rotatable bonds is 1. The third kappa shape index (κ3) is 3.17. The van der Waals surface area contributed by atoms with E-state index >= 15 is 0 Å². The summed E-state index contributed by atoms with van der Waals surface area (Å²) in [6.07, 6.45) is 0. The molecule has 1 aliphatic rings. The van der Waals surface area contributed by atoms with Crippen molar-refractivity contribution in [2.75, 3.05) is 4.90 Å². The van der Waals surface area contributed by atoms with Crippen molar-refractivity contribution < 1.29 is 4.74 Å². The highest BCUT2D eigenvalue weighted by Crippen LogP contribution is 2.55. The molecule has 0 unspecified atom stereocenters. The Kier molecular flexibility index (Phi) is 4.60. The van der Waals surface area contributed by atoms with E-state index in [0.29, 0.717) is 0 Å². The zero-order chi connectivity index (χ0) is 22.8. The molecule has 2 heteroatoms. The maximum atomic E-state index is 6.49. The van der Waals surface area contributed by atoms with Gasteiger partial charge in [-0.25, -0.2) is 0 Å². The molecule has 2 nitrogen and oxygen atoms in total. The summed E-state index contributed by atoms with van der Waals surface area (Å²) in [7, 11) is 0. The molecule has 1 aliphatic heterocycles. The van der Waals surface area contributed by atoms with E-state index in [-0.39, 0.29) is 5.41 Å². The van der Waals surface area contributed by atoms with Crippen LogP contribution in [0.3, 0.4) is 0 Å². The van der Waals surface area contributed by atoms with Crippen LogP contribution in [0.15, 0.2) is 60.7 Å². The average molecular weight is 422 g/mol. The number of anilines is 3. The summed E-state index contributed by atoms with van der Waals surface area (Å²) in [5.74, 6) is 1.81. The van der Waals surface area contributed by atoms with Gasteiger partial charge in [0.25, 0.3) is 0 Å². The normalized spacial score (nSPS) is 13.0. The highest BCUT2D eigenvalue weighted by Gasteiger charge is 2.31. The van der Waals surface area contributed by atoms with Gasteiger partial charge in [-0.2, -0.15) is 0 Å². The standard InChI is InChI=1S/C30H31NO/c1-18-12-13-26-25(14-18)31(28-20(3)15-22(16-21(28)4)30(5,6)7)29-24-11-9-8-10-23(24)19(2)17-27(29)32-26/h8-17H,1-7H3. The van der Waals surface area contributed by atoms with Crippen LogP contribution in [0.2, 0.25) is 0 Å². The van der Waals surface area contributed by atoms with Gasteiger partial charge in [0.05, 0.1) is 17.1 Å². The van der Waals surface area contributed by atoms with Crippen LogP contribution < -0.4 is 9.64 Å². The summed E-state index contributed by atoms with van der Waals surface area (Å²) in [5, 5.41) is 2.48. The van der Waals surface area contributed by atoms with E-state index in [2.05, 4.69) is 114 Å². The lowest BCUT2D eigenvalue weighted by atomic mass is 9.84. The summed E-state index contributed by atoms with van der Waals surface area (Å²) < 4.78 is 6.49. The first-order valence-electron chi connectivity index (χ1n) is 11.4. The number of aryl methyl sites for hydroxylation is 4. The largest absolute Gasteiger partial charge is 0.453 e. The second kappa shape index (κ2) is 7.13. The van der Waals surface area contributed by atoms with Crippen LogP contribution in [0.1, 0.15) is 48.6 Å². The van der Waals surface area contributed by atoms with Crippen molar-refractivity contribution in [2.45, 2.75) is 53.9 Å². The third-order valence-corrected chi connectivity index (χ3v) is 6.57. The lowest BCUT2D eigenvalue weighted by molar-refractivity contribution is 0.477. The quantitative estimate of drug-likeness (QED) is 0.268. The highest BCUT2D eigenvalue weighted by atomic mass is 16.5. The molecular formula is C30H31NO. The van der Waals surface area contributed by atoms with Crippen LogP contribution in [0, 0.1) is 27.7 Å². The number of fused-ring (bicyclic) bond motifs is 4. The third-order valence-electron chi connectivity index (χ3n) is 6.57. The summed E-state index contributed by atoms with van der Waals surface area (Å²) >= 11 is 0. The molecule has 0 amide bonds. The Balaban J connectivity index is 1.88. The van der Waals surface area contributed by atoms with Crippen LogP contribution in [-0.4, -0.2) is 0 Å². The molecule has 0 radical (unpaired) electrons. The Bertz CT molecular complexity index is 1350. The molecule has 0 spiro atoms. The molecule has 4 aromatic carbocycles. The molecular weight excluding hydrogens is 390 g/mol. The van der Waals surface area contributed by atoms with E-state index in [1.807, 2.05) is 0 Å². The number of nitrogens with zero attached hydrogens (tertiary/aromatic N) is 1. The first kappa shape index (κ1) is 20.6. The molecule has 4 aromatic rings. The van der Waals surface area contributed by atoms with Gasteiger partial charge in [0.15, 0.2) is 11.5 Å². The summed E-state index contributed by atoms with van der Waals surface area (Å²) in [4.78, 5) is 2.43. The van der Waals surface area contributed by atoms with Crippen molar-refractivity contribution in [1.29, 1.82) is 0 Å². The van der Waals surface area contributed by atoms with E-state index in [4.69, 9.17) is 4.74 Å². The van der Waals surface area contributed by atoms with Crippen LogP contribution in [-0.2, 0) is 5.41 Å². The van der Waals surface area contributed by atoms with Gasteiger partial charge in [-0.1, -0.05) is 63.2 Å². The van der Waals surface area contributed by atoms with Crippen molar-refractivity contribution >= 4 is 27.8 Å². The molecule has 5 rings (SSSR count). The Morgan fingerprint density at radius 1 is 0.656 bits per heavy atom. The zero-order valence-electron chi connectivity index (χ0n) is 20.1. The van der Waals surface area contributed by atoms with Crippen LogP contribution in [0.25, 0.3) is 10.8 Å². The Morgan fingerprint density at radius 3 is 1.97 bits per heavy atom. The molecule has 1 heterocycles. The lowest BCUT2D eigenvalue weighted by Gasteiger charge is -2.37. The van der Waals surface area contributed by atoms with Gasteiger partial charge in [-0.3, -0.25) is 0 Å². The molecule has 0 atom stereocenters. The SMILES string of the molecule is Cc1ccc2c(c1)N(c1c(C)cc(C(C)(C)C)cc1C)c1c(cc(C)c3ccccc13)O2. The van der Waals surface area contributed by atoms with Gasteiger partial charge in [0.1, 0.15) is 0 Å². The number of hydrogen-bond donors (Lipinski definition) is 0. The predicted molar refractivity (Wildman–Crippen MR) is 136 cm³/mol.